The molecule has 8 heteroatoms. The van der Waals surface area contributed by atoms with Crippen LogP contribution in [-0.2, 0) is 21.4 Å². The largest absolute Gasteiger partial charge is 0.349 e. The summed E-state index contributed by atoms with van der Waals surface area (Å²) in [4.78, 5) is 16.2. The highest BCUT2D eigenvalue weighted by molar-refractivity contribution is 9.10. The Kier molecular flexibility index (Phi) is 5.73. The van der Waals surface area contributed by atoms with Crippen molar-refractivity contribution in [2.24, 2.45) is 0 Å². The first-order valence-corrected chi connectivity index (χ1v) is 9.40. The molecule has 0 atom stereocenters. The van der Waals surface area contributed by atoms with E-state index in [1.807, 2.05) is 6.07 Å². The van der Waals surface area contributed by atoms with E-state index in [1.165, 1.54) is 0 Å². The molecule has 0 aliphatic rings. The molecule has 0 unspecified atom stereocenters. The van der Waals surface area contributed by atoms with E-state index in [9.17, 15) is 13.2 Å². The predicted molar refractivity (Wildman–Crippen MR) is 92.4 cm³/mol. The highest BCUT2D eigenvalue weighted by Gasteiger charge is 2.20. The van der Waals surface area contributed by atoms with Crippen molar-refractivity contribution in [2.75, 3.05) is 17.1 Å². The molecule has 0 spiro atoms. The standard InChI is InChI=1S/C15H16BrN3O3S/c1-23(21,22)19(14-7-5-12(16)6-8-14)11-15(20)18-10-13-4-2-3-9-17-13/h2-9H,10-11H2,1H3,(H,18,20). The molecule has 1 heterocycles. The molecule has 1 amide bonds. The van der Waals surface area contributed by atoms with Crippen molar-refractivity contribution in [1.29, 1.82) is 0 Å². The molecule has 1 aromatic heterocycles. The van der Waals surface area contributed by atoms with E-state index in [0.29, 0.717) is 11.4 Å². The van der Waals surface area contributed by atoms with Crippen LogP contribution >= 0.6 is 15.9 Å². The molecule has 0 bridgehead atoms. The minimum absolute atomic E-state index is 0.248. The van der Waals surface area contributed by atoms with Crippen molar-refractivity contribution in [3.05, 3.63) is 58.8 Å². The van der Waals surface area contributed by atoms with Crippen LogP contribution in [0.4, 0.5) is 5.69 Å². The van der Waals surface area contributed by atoms with Gasteiger partial charge >= 0.3 is 0 Å². The van der Waals surface area contributed by atoms with E-state index in [0.717, 1.165) is 15.0 Å². The molecular weight excluding hydrogens is 382 g/mol. The van der Waals surface area contributed by atoms with Crippen molar-refractivity contribution in [3.63, 3.8) is 0 Å². The molecule has 0 fully saturated rings. The molecule has 6 nitrogen and oxygen atoms in total. The van der Waals surface area contributed by atoms with Gasteiger partial charge < -0.3 is 5.32 Å². The lowest BCUT2D eigenvalue weighted by Crippen LogP contribution is -2.40. The average Bonchev–Trinajstić information content (AvgIpc) is 2.52. The normalized spacial score (nSPS) is 11.0. The second kappa shape index (κ2) is 7.56. The zero-order valence-corrected chi connectivity index (χ0v) is 14.8. The van der Waals surface area contributed by atoms with Gasteiger partial charge in [-0.05, 0) is 36.4 Å². The lowest BCUT2D eigenvalue weighted by atomic mass is 10.3. The summed E-state index contributed by atoms with van der Waals surface area (Å²) in [6.45, 7) is -0.0368. The molecule has 2 aromatic rings. The van der Waals surface area contributed by atoms with Crippen molar-refractivity contribution in [2.45, 2.75) is 6.54 Å². The van der Waals surface area contributed by atoms with Gasteiger partial charge in [0.25, 0.3) is 0 Å². The number of amides is 1. The highest BCUT2D eigenvalue weighted by atomic mass is 79.9. The molecule has 0 aliphatic carbocycles. The number of nitrogens with one attached hydrogen (secondary N) is 1. The summed E-state index contributed by atoms with van der Waals surface area (Å²) in [5.74, 6) is -0.399. The first-order chi connectivity index (χ1) is 10.9. The molecule has 0 saturated carbocycles. The van der Waals surface area contributed by atoms with Crippen LogP contribution in [0.15, 0.2) is 53.1 Å². The Morgan fingerprint density at radius 1 is 1.22 bits per heavy atom. The second-order valence-electron chi connectivity index (χ2n) is 4.84. The van der Waals surface area contributed by atoms with E-state index >= 15 is 0 Å². The van der Waals surface area contributed by atoms with Gasteiger partial charge in [-0.3, -0.25) is 14.1 Å². The van der Waals surface area contributed by atoms with Crippen LogP contribution in [0.2, 0.25) is 0 Å². The number of hydrogen-bond donors (Lipinski definition) is 1. The zero-order valence-electron chi connectivity index (χ0n) is 12.4. The van der Waals surface area contributed by atoms with Crippen LogP contribution in [0, 0.1) is 0 Å². The first kappa shape index (κ1) is 17.4. The summed E-state index contributed by atoms with van der Waals surface area (Å²) in [6.07, 6.45) is 2.70. The Morgan fingerprint density at radius 2 is 1.91 bits per heavy atom. The smallest absolute Gasteiger partial charge is 0.241 e. The Morgan fingerprint density at radius 3 is 2.48 bits per heavy atom. The fourth-order valence-electron chi connectivity index (χ4n) is 1.89. The first-order valence-electron chi connectivity index (χ1n) is 6.76. The third kappa shape index (κ3) is 5.33. The SMILES string of the molecule is CS(=O)(=O)N(CC(=O)NCc1ccccn1)c1ccc(Br)cc1. The van der Waals surface area contributed by atoms with Crippen molar-refractivity contribution >= 4 is 37.5 Å². The molecule has 0 radical (unpaired) electrons. The van der Waals surface area contributed by atoms with E-state index in [2.05, 4.69) is 26.2 Å². The van der Waals surface area contributed by atoms with Crippen LogP contribution < -0.4 is 9.62 Å². The summed E-state index contributed by atoms with van der Waals surface area (Å²) < 4.78 is 25.8. The Balaban J connectivity index is 2.06. The summed E-state index contributed by atoms with van der Waals surface area (Å²) in [6, 6.07) is 12.1. The van der Waals surface area contributed by atoms with E-state index in [1.54, 1.807) is 42.6 Å². The van der Waals surface area contributed by atoms with Crippen molar-refractivity contribution in [3.8, 4) is 0 Å². The van der Waals surface area contributed by atoms with Crippen LogP contribution in [0.5, 0.6) is 0 Å². The van der Waals surface area contributed by atoms with Gasteiger partial charge in [0.05, 0.1) is 24.2 Å². The molecule has 122 valence electrons. The average molecular weight is 398 g/mol. The maximum atomic E-state index is 12.1. The molecule has 0 saturated heterocycles. The summed E-state index contributed by atoms with van der Waals surface area (Å²) in [7, 11) is -3.57. The molecule has 0 aliphatic heterocycles. The Labute approximate surface area is 143 Å². The fraction of sp³-hybridized carbons (Fsp3) is 0.200. The number of hydrogen-bond acceptors (Lipinski definition) is 4. The van der Waals surface area contributed by atoms with Gasteiger partial charge in [-0.2, -0.15) is 0 Å². The maximum absolute atomic E-state index is 12.1. The quantitative estimate of drug-likeness (QED) is 0.807. The molecule has 2 rings (SSSR count). The van der Waals surface area contributed by atoms with Crippen LogP contribution in [0.25, 0.3) is 0 Å². The van der Waals surface area contributed by atoms with Gasteiger partial charge in [-0.1, -0.05) is 22.0 Å². The monoisotopic (exact) mass is 397 g/mol. The zero-order chi connectivity index (χ0) is 16.9. The fourth-order valence-corrected chi connectivity index (χ4v) is 3.01. The lowest BCUT2D eigenvalue weighted by molar-refractivity contribution is -0.119. The number of halogens is 1. The van der Waals surface area contributed by atoms with E-state index < -0.39 is 15.9 Å². The molecule has 23 heavy (non-hydrogen) atoms. The third-order valence-electron chi connectivity index (χ3n) is 2.99. The minimum atomic E-state index is -3.57. The van der Waals surface area contributed by atoms with Crippen molar-refractivity contribution < 1.29 is 13.2 Å². The van der Waals surface area contributed by atoms with Gasteiger partial charge in [0.15, 0.2) is 0 Å². The van der Waals surface area contributed by atoms with Gasteiger partial charge in [0.2, 0.25) is 15.9 Å². The summed E-state index contributed by atoms with van der Waals surface area (Å²) in [5, 5.41) is 2.67. The molecule has 1 N–H and O–H groups in total. The Hall–Kier alpha value is -1.93. The number of pyridine rings is 1. The predicted octanol–water partition coefficient (Wildman–Crippen LogP) is 1.93. The van der Waals surface area contributed by atoms with E-state index in [-0.39, 0.29) is 13.1 Å². The number of aromatic nitrogens is 1. The number of anilines is 1. The molecular formula is C15H16BrN3O3S. The number of carbonyl (C=O) groups is 1. The number of nitrogens with zero attached hydrogens (tertiary/aromatic N) is 2. The second-order valence-corrected chi connectivity index (χ2v) is 7.67. The number of rotatable bonds is 6. The Bertz CT molecular complexity index is 764. The lowest BCUT2D eigenvalue weighted by Gasteiger charge is -2.21. The van der Waals surface area contributed by atoms with Crippen molar-refractivity contribution in [1.82, 2.24) is 10.3 Å². The summed E-state index contributed by atoms with van der Waals surface area (Å²) >= 11 is 3.29. The van der Waals surface area contributed by atoms with Crippen LogP contribution in [0.3, 0.4) is 0 Å². The van der Waals surface area contributed by atoms with Crippen LogP contribution in [-0.4, -0.2) is 32.1 Å². The topological polar surface area (TPSA) is 79.4 Å². The van der Waals surface area contributed by atoms with Crippen LogP contribution in [0.1, 0.15) is 5.69 Å². The van der Waals surface area contributed by atoms with E-state index in [4.69, 9.17) is 0 Å². The summed E-state index contributed by atoms with van der Waals surface area (Å²) in [5.41, 5.74) is 1.14. The maximum Gasteiger partial charge on any atom is 0.241 e. The van der Waals surface area contributed by atoms with Gasteiger partial charge in [0, 0.05) is 10.7 Å². The van der Waals surface area contributed by atoms with Gasteiger partial charge in [0.1, 0.15) is 6.54 Å². The highest BCUT2D eigenvalue weighted by Crippen LogP contribution is 2.20. The minimum Gasteiger partial charge on any atom is -0.349 e. The number of sulfonamides is 1. The van der Waals surface area contributed by atoms with Gasteiger partial charge in [-0.25, -0.2) is 8.42 Å². The molecule has 1 aromatic carbocycles. The third-order valence-corrected chi connectivity index (χ3v) is 4.66. The number of benzene rings is 1. The van der Waals surface area contributed by atoms with Gasteiger partial charge in [-0.15, -0.1) is 0 Å². The number of carbonyl (C=O) groups excluding carboxylic acids is 1.